The summed E-state index contributed by atoms with van der Waals surface area (Å²) in [4.78, 5) is 6.69. The van der Waals surface area contributed by atoms with E-state index in [2.05, 4.69) is 25.8 Å². The highest BCUT2D eigenvalue weighted by molar-refractivity contribution is 9.10. The molecule has 2 heterocycles. The summed E-state index contributed by atoms with van der Waals surface area (Å²) in [6.45, 7) is 1.49. The summed E-state index contributed by atoms with van der Waals surface area (Å²) in [5.41, 5.74) is 1.77. The topological polar surface area (TPSA) is 25.4 Å². The first kappa shape index (κ1) is 17.6. The van der Waals surface area contributed by atoms with Crippen LogP contribution in [0.2, 0.25) is 5.02 Å². The highest BCUT2D eigenvalue weighted by atomic mass is 79.9. The number of hydrogen-bond acceptors (Lipinski definition) is 3. The second-order valence-electron chi connectivity index (χ2n) is 6.37. The number of nitrogens with zero attached hydrogens (tertiary/aromatic N) is 2. The summed E-state index contributed by atoms with van der Waals surface area (Å²) < 4.78 is 20.6. The Hall–Kier alpha value is -1.85. The summed E-state index contributed by atoms with van der Waals surface area (Å²) in [6, 6.07) is 12.6. The van der Waals surface area contributed by atoms with Gasteiger partial charge in [-0.05, 0) is 71.2 Å². The zero-order valence-corrected chi connectivity index (χ0v) is 16.3. The van der Waals surface area contributed by atoms with Crippen molar-refractivity contribution >= 4 is 44.1 Å². The van der Waals surface area contributed by atoms with Crippen LogP contribution >= 0.6 is 27.5 Å². The number of pyridine rings is 1. The van der Waals surface area contributed by atoms with Crippen molar-refractivity contribution in [2.45, 2.75) is 18.9 Å². The number of hydrogen-bond donors (Lipinski definition) is 0. The molecule has 3 aromatic rings. The number of benzene rings is 2. The van der Waals surface area contributed by atoms with Crippen LogP contribution in [0.3, 0.4) is 0 Å². The van der Waals surface area contributed by atoms with Gasteiger partial charge >= 0.3 is 0 Å². The summed E-state index contributed by atoms with van der Waals surface area (Å²) >= 11 is 9.34. The molecule has 3 nitrogen and oxygen atoms in total. The SMILES string of the molecule is Fc1cc(Br)c2nccc(N3CCCC3COc3ccc(Cl)cc3)c2c1. The normalized spacial score (nSPS) is 17.0. The van der Waals surface area contributed by atoms with Gasteiger partial charge in [-0.25, -0.2) is 4.39 Å². The molecule has 1 saturated heterocycles. The van der Waals surface area contributed by atoms with Gasteiger partial charge in [-0.15, -0.1) is 0 Å². The molecule has 1 aliphatic heterocycles. The molecule has 1 aromatic heterocycles. The van der Waals surface area contributed by atoms with E-state index in [1.165, 1.54) is 6.07 Å². The van der Waals surface area contributed by atoms with Gasteiger partial charge in [-0.2, -0.15) is 0 Å². The van der Waals surface area contributed by atoms with E-state index < -0.39 is 0 Å². The van der Waals surface area contributed by atoms with Crippen LogP contribution in [0.5, 0.6) is 5.75 Å². The Morgan fingerprint density at radius 1 is 1.23 bits per heavy atom. The third-order valence-electron chi connectivity index (χ3n) is 4.68. The minimum absolute atomic E-state index is 0.235. The van der Waals surface area contributed by atoms with E-state index in [-0.39, 0.29) is 11.9 Å². The Bertz CT molecular complexity index is 935. The van der Waals surface area contributed by atoms with Crippen molar-refractivity contribution in [3.8, 4) is 5.75 Å². The molecule has 0 N–H and O–H groups in total. The molecule has 0 radical (unpaired) electrons. The maximum absolute atomic E-state index is 14.0. The molecular formula is C20H17BrClFN2O. The molecule has 0 spiro atoms. The number of rotatable bonds is 4. The number of aromatic nitrogens is 1. The van der Waals surface area contributed by atoms with Crippen molar-refractivity contribution in [3.05, 3.63) is 64.0 Å². The lowest BCUT2D eigenvalue weighted by Gasteiger charge is -2.28. The van der Waals surface area contributed by atoms with E-state index in [9.17, 15) is 4.39 Å². The first-order valence-corrected chi connectivity index (χ1v) is 9.68. The fourth-order valence-corrected chi connectivity index (χ4v) is 4.13. The van der Waals surface area contributed by atoms with Crippen molar-refractivity contribution in [1.29, 1.82) is 0 Å². The van der Waals surface area contributed by atoms with E-state index in [1.54, 1.807) is 12.3 Å². The second-order valence-corrected chi connectivity index (χ2v) is 7.66. The van der Waals surface area contributed by atoms with Gasteiger partial charge in [0, 0.05) is 33.3 Å². The molecule has 0 amide bonds. The lowest BCUT2D eigenvalue weighted by Crippen LogP contribution is -2.34. The van der Waals surface area contributed by atoms with Gasteiger partial charge in [0.1, 0.15) is 18.2 Å². The highest BCUT2D eigenvalue weighted by Crippen LogP contribution is 2.35. The molecule has 1 unspecified atom stereocenters. The summed E-state index contributed by atoms with van der Waals surface area (Å²) in [5.74, 6) is 0.529. The third kappa shape index (κ3) is 3.51. The van der Waals surface area contributed by atoms with Crippen molar-refractivity contribution in [1.82, 2.24) is 4.98 Å². The van der Waals surface area contributed by atoms with Crippen LogP contribution in [-0.2, 0) is 0 Å². The van der Waals surface area contributed by atoms with E-state index in [4.69, 9.17) is 16.3 Å². The molecule has 2 aromatic carbocycles. The minimum Gasteiger partial charge on any atom is -0.491 e. The Morgan fingerprint density at radius 3 is 2.85 bits per heavy atom. The lowest BCUT2D eigenvalue weighted by atomic mass is 10.1. The number of fused-ring (bicyclic) bond motifs is 1. The Balaban J connectivity index is 1.60. The number of halogens is 3. The van der Waals surface area contributed by atoms with Crippen LogP contribution in [-0.4, -0.2) is 24.2 Å². The Labute approximate surface area is 164 Å². The molecule has 26 heavy (non-hydrogen) atoms. The fraction of sp³-hybridized carbons (Fsp3) is 0.250. The smallest absolute Gasteiger partial charge is 0.125 e. The van der Waals surface area contributed by atoms with Crippen molar-refractivity contribution in [2.24, 2.45) is 0 Å². The van der Waals surface area contributed by atoms with Gasteiger partial charge in [0.15, 0.2) is 0 Å². The van der Waals surface area contributed by atoms with Crippen molar-refractivity contribution < 1.29 is 9.13 Å². The molecule has 0 bridgehead atoms. The Kier molecular flexibility index (Phi) is 5.00. The summed E-state index contributed by atoms with van der Waals surface area (Å²) in [5, 5.41) is 1.51. The second kappa shape index (κ2) is 7.41. The molecule has 0 aliphatic carbocycles. The summed E-state index contributed by atoms with van der Waals surface area (Å²) in [7, 11) is 0. The third-order valence-corrected chi connectivity index (χ3v) is 5.54. The van der Waals surface area contributed by atoms with Gasteiger partial charge in [-0.3, -0.25) is 4.98 Å². The standard InChI is InChI=1S/C20H17BrClFN2O/c21-18-11-14(23)10-17-19(7-8-24-20(17)18)25-9-1-2-15(25)12-26-16-5-3-13(22)4-6-16/h3-8,10-11,15H,1-2,9,12H2. The minimum atomic E-state index is -0.271. The van der Waals surface area contributed by atoms with Crippen LogP contribution in [0.1, 0.15) is 12.8 Å². The van der Waals surface area contributed by atoms with Gasteiger partial charge in [-0.1, -0.05) is 11.6 Å². The first-order chi connectivity index (χ1) is 12.6. The molecule has 4 rings (SSSR count). The first-order valence-electron chi connectivity index (χ1n) is 8.50. The summed E-state index contributed by atoms with van der Waals surface area (Å²) in [6.07, 6.45) is 3.89. The van der Waals surface area contributed by atoms with Gasteiger partial charge in [0.25, 0.3) is 0 Å². The predicted molar refractivity (Wildman–Crippen MR) is 107 cm³/mol. The van der Waals surface area contributed by atoms with Crippen LogP contribution in [0.4, 0.5) is 10.1 Å². The average molecular weight is 436 g/mol. The molecule has 134 valence electrons. The molecular weight excluding hydrogens is 419 g/mol. The molecule has 0 saturated carbocycles. The van der Waals surface area contributed by atoms with E-state index in [0.717, 1.165) is 41.7 Å². The largest absolute Gasteiger partial charge is 0.491 e. The molecule has 1 aliphatic rings. The maximum Gasteiger partial charge on any atom is 0.125 e. The number of anilines is 1. The van der Waals surface area contributed by atoms with E-state index in [0.29, 0.717) is 16.1 Å². The van der Waals surface area contributed by atoms with Crippen molar-refractivity contribution in [3.63, 3.8) is 0 Å². The van der Waals surface area contributed by atoms with Crippen molar-refractivity contribution in [2.75, 3.05) is 18.1 Å². The fourth-order valence-electron chi connectivity index (χ4n) is 3.46. The highest BCUT2D eigenvalue weighted by Gasteiger charge is 2.27. The van der Waals surface area contributed by atoms with E-state index >= 15 is 0 Å². The molecule has 1 atom stereocenters. The molecule has 6 heteroatoms. The zero-order valence-electron chi connectivity index (χ0n) is 14.0. The molecule has 1 fully saturated rings. The van der Waals surface area contributed by atoms with Gasteiger partial charge < -0.3 is 9.64 Å². The monoisotopic (exact) mass is 434 g/mol. The Morgan fingerprint density at radius 2 is 2.04 bits per heavy atom. The predicted octanol–water partition coefficient (Wildman–Crippen LogP) is 5.84. The van der Waals surface area contributed by atoms with E-state index in [1.807, 2.05) is 30.3 Å². The van der Waals surface area contributed by atoms with Gasteiger partial charge in [0.05, 0.1) is 11.6 Å². The van der Waals surface area contributed by atoms with Gasteiger partial charge in [0.2, 0.25) is 0 Å². The maximum atomic E-state index is 14.0. The number of ether oxygens (including phenoxy) is 1. The van der Waals surface area contributed by atoms with Crippen LogP contribution < -0.4 is 9.64 Å². The quantitative estimate of drug-likeness (QED) is 0.515. The zero-order chi connectivity index (χ0) is 18.1. The average Bonchev–Trinajstić information content (AvgIpc) is 3.09. The van der Waals surface area contributed by atoms with Crippen LogP contribution in [0.15, 0.2) is 53.1 Å². The van der Waals surface area contributed by atoms with Crippen LogP contribution in [0.25, 0.3) is 10.9 Å². The van der Waals surface area contributed by atoms with Crippen LogP contribution in [0, 0.1) is 5.82 Å². The lowest BCUT2D eigenvalue weighted by molar-refractivity contribution is 0.289.